The molecule has 5 nitrogen and oxygen atoms in total. The van der Waals surface area contributed by atoms with Crippen molar-refractivity contribution in [3.63, 3.8) is 0 Å². The van der Waals surface area contributed by atoms with Crippen molar-refractivity contribution in [2.24, 2.45) is 5.73 Å². The van der Waals surface area contributed by atoms with Crippen molar-refractivity contribution in [2.45, 2.75) is 7.47 Å². The van der Waals surface area contributed by atoms with Crippen LogP contribution in [0.2, 0.25) is 0 Å². The summed E-state index contributed by atoms with van der Waals surface area (Å²) in [7, 11) is 0. The van der Waals surface area contributed by atoms with Gasteiger partial charge in [0, 0.05) is 0 Å². The van der Waals surface area contributed by atoms with Crippen LogP contribution in [0, 0.1) is 3.57 Å². The van der Waals surface area contributed by atoms with E-state index >= 15 is 0 Å². The van der Waals surface area contributed by atoms with Gasteiger partial charge in [-0.15, -0.1) is 5.75 Å². The number of halogens is 3. The zero-order valence-electron chi connectivity index (χ0n) is 12.5. The minimum Gasteiger partial charge on any atom is -0.872 e. The number of nitrogens with two attached hydrogens (primary N) is 1. The quantitative estimate of drug-likeness (QED) is 0.212. The number of carboxylic acid groups (broad SMARTS) is 1. The molecule has 2 atom stereocenters. The molecule has 0 bridgehead atoms. The van der Waals surface area contributed by atoms with Crippen molar-refractivity contribution in [3.05, 3.63) is 51.6 Å². The van der Waals surface area contributed by atoms with Crippen LogP contribution in [0.1, 0.15) is 9.49 Å². The number of alkyl halides is 2. The van der Waals surface area contributed by atoms with Gasteiger partial charge in [0.05, 0.1) is 7.49 Å². The van der Waals surface area contributed by atoms with Crippen LogP contribution in [-0.2, 0) is 4.79 Å². The van der Waals surface area contributed by atoms with Crippen LogP contribution in [0.5, 0.6) is 17.2 Å². The minimum absolute atomic E-state index is 0. The zero-order valence-corrected chi connectivity index (χ0v) is 21.0. The normalized spacial score (nSPS) is 14.2. The Bertz CT molecular complexity index is 725. The molecular formula is C15H11I3NNaO4. The van der Waals surface area contributed by atoms with Gasteiger partial charge in [0.2, 0.25) is 0 Å². The van der Waals surface area contributed by atoms with Gasteiger partial charge in [-0.2, -0.15) is 0 Å². The predicted molar refractivity (Wildman–Crippen MR) is 110 cm³/mol. The fourth-order valence-corrected chi connectivity index (χ4v) is 3.41. The van der Waals surface area contributed by atoms with E-state index in [4.69, 9.17) is 10.5 Å². The molecular weight excluding hydrogens is 662 g/mol. The third kappa shape index (κ3) is 5.58. The van der Waals surface area contributed by atoms with E-state index in [1.54, 1.807) is 46.9 Å². The summed E-state index contributed by atoms with van der Waals surface area (Å²) >= 11 is 5.89. The standard InChI is InChI=1S/C15H12I3NO4.Na/c16-11-7-8(13(17)15(18,19)14(21)22)1-6-12(11)23-10-4-2-9(20)3-5-10;/h1-7,13,20H,19H2,(H,21,22);/q;+1/p-1/t13-,15-;/m1./s1. The Morgan fingerprint density at radius 2 is 1.83 bits per heavy atom. The molecule has 0 saturated carbocycles. The first-order valence-corrected chi connectivity index (χ1v) is 9.71. The van der Waals surface area contributed by atoms with Crippen LogP contribution in [0.3, 0.4) is 0 Å². The number of aliphatic carboxylic acids is 1. The van der Waals surface area contributed by atoms with Crippen LogP contribution in [0.25, 0.3) is 0 Å². The number of ether oxygens (including phenoxy) is 1. The summed E-state index contributed by atoms with van der Waals surface area (Å²) < 4.78 is 4.76. The van der Waals surface area contributed by atoms with Gasteiger partial charge in [-0.25, -0.2) is 4.79 Å². The van der Waals surface area contributed by atoms with Gasteiger partial charge >= 0.3 is 35.5 Å². The van der Waals surface area contributed by atoms with Crippen LogP contribution in [0.4, 0.5) is 0 Å². The van der Waals surface area contributed by atoms with E-state index < -0.39 is 13.4 Å². The predicted octanol–water partition coefficient (Wildman–Crippen LogP) is 0.812. The summed E-state index contributed by atoms with van der Waals surface area (Å²) in [6.45, 7) is 0. The van der Waals surface area contributed by atoms with Crippen molar-refractivity contribution in [1.82, 2.24) is 0 Å². The van der Waals surface area contributed by atoms with E-state index in [2.05, 4.69) is 22.6 Å². The molecule has 0 saturated heterocycles. The van der Waals surface area contributed by atoms with Gasteiger partial charge in [-0.3, -0.25) is 0 Å². The summed E-state index contributed by atoms with van der Waals surface area (Å²) in [4.78, 5) is 11.3. The number of rotatable bonds is 5. The van der Waals surface area contributed by atoms with Crippen LogP contribution in [-0.4, -0.2) is 14.6 Å². The first kappa shape index (κ1) is 22.7. The summed E-state index contributed by atoms with van der Waals surface area (Å²) in [5.41, 5.74) is 6.68. The van der Waals surface area contributed by atoms with Crippen molar-refractivity contribution in [3.8, 4) is 17.2 Å². The number of carbonyl (C=O) groups is 1. The average Bonchev–Trinajstić information content (AvgIpc) is 2.50. The Kier molecular flexibility index (Phi) is 9.04. The molecule has 0 amide bonds. The molecule has 0 aliphatic carbocycles. The van der Waals surface area contributed by atoms with Crippen molar-refractivity contribution < 1.29 is 49.3 Å². The van der Waals surface area contributed by atoms with Crippen LogP contribution in [0.15, 0.2) is 42.5 Å². The van der Waals surface area contributed by atoms with Crippen LogP contribution >= 0.6 is 67.8 Å². The molecule has 9 heteroatoms. The Morgan fingerprint density at radius 1 is 1.25 bits per heavy atom. The summed E-state index contributed by atoms with van der Waals surface area (Å²) in [6.07, 6.45) is 0. The topological polar surface area (TPSA) is 95.6 Å². The molecule has 0 aromatic heterocycles. The SMILES string of the molecule is N[C@@](I)(C(=O)O)[C@H](I)c1ccc(Oc2ccc([O-])cc2)c(I)c1.[Na+]. The number of hydrogen-bond acceptors (Lipinski definition) is 4. The molecule has 0 radical (unpaired) electrons. The maximum Gasteiger partial charge on any atom is 1.00 e. The van der Waals surface area contributed by atoms with Gasteiger partial charge in [0.15, 0.2) is 3.55 Å². The van der Waals surface area contributed by atoms with Gasteiger partial charge in [-0.05, 0) is 75.0 Å². The second-order valence-electron chi connectivity index (χ2n) is 4.70. The first-order valence-electron chi connectivity index (χ1n) is 6.31. The fourth-order valence-electron chi connectivity index (χ4n) is 1.74. The first-order chi connectivity index (χ1) is 10.7. The number of hydrogen-bond donors (Lipinski definition) is 2. The van der Waals surface area contributed by atoms with E-state index in [9.17, 15) is 15.0 Å². The molecule has 0 spiro atoms. The van der Waals surface area contributed by atoms with E-state index in [0.29, 0.717) is 11.5 Å². The summed E-state index contributed by atoms with van der Waals surface area (Å²) in [6, 6.07) is 11.5. The molecule has 0 heterocycles. The Labute approximate surface area is 202 Å². The Morgan fingerprint density at radius 3 is 2.33 bits per heavy atom. The molecule has 2 aromatic carbocycles. The number of carboxylic acids is 1. The second kappa shape index (κ2) is 9.55. The Balaban J connectivity index is 0.00000288. The van der Waals surface area contributed by atoms with E-state index in [1.165, 1.54) is 12.1 Å². The minimum atomic E-state index is -1.40. The van der Waals surface area contributed by atoms with Gasteiger partial charge < -0.3 is 20.7 Å². The van der Waals surface area contributed by atoms with Crippen LogP contribution < -0.4 is 45.1 Å². The van der Waals surface area contributed by atoms with Crippen molar-refractivity contribution >= 4 is 73.7 Å². The third-order valence-electron chi connectivity index (χ3n) is 3.00. The zero-order chi connectivity index (χ0) is 17.2. The maximum atomic E-state index is 11.3. The Hall–Kier alpha value is 0.660. The molecule has 0 aliphatic heterocycles. The maximum absolute atomic E-state index is 11.3. The monoisotopic (exact) mass is 673 g/mol. The van der Waals surface area contributed by atoms with E-state index in [-0.39, 0.29) is 35.3 Å². The largest absolute Gasteiger partial charge is 1.00 e. The van der Waals surface area contributed by atoms with Crippen molar-refractivity contribution in [1.29, 1.82) is 0 Å². The fraction of sp³-hybridized carbons (Fsp3) is 0.133. The second-order valence-corrected chi connectivity index (χ2v) is 8.89. The smallest absolute Gasteiger partial charge is 0.872 e. The van der Waals surface area contributed by atoms with Gasteiger partial charge in [-0.1, -0.05) is 40.8 Å². The van der Waals surface area contributed by atoms with Gasteiger partial charge in [0.1, 0.15) is 11.5 Å². The molecule has 0 fully saturated rings. The molecule has 122 valence electrons. The molecule has 2 rings (SSSR count). The summed E-state index contributed by atoms with van der Waals surface area (Å²) in [5, 5.41) is 20.3. The third-order valence-corrected chi connectivity index (χ3v) is 7.82. The molecule has 2 aromatic rings. The molecule has 24 heavy (non-hydrogen) atoms. The molecule has 3 N–H and O–H groups in total. The van der Waals surface area contributed by atoms with E-state index in [1.807, 2.05) is 28.7 Å². The molecule has 0 aliphatic rings. The number of benzene rings is 2. The molecule has 0 unspecified atom stereocenters. The van der Waals surface area contributed by atoms with E-state index in [0.717, 1.165) is 9.13 Å². The average molecular weight is 673 g/mol. The van der Waals surface area contributed by atoms with Gasteiger partial charge in [0.25, 0.3) is 0 Å². The van der Waals surface area contributed by atoms with Crippen molar-refractivity contribution in [2.75, 3.05) is 0 Å². The summed E-state index contributed by atoms with van der Waals surface area (Å²) in [5.74, 6) is 0.0487.